The fraction of sp³-hybridized carbons (Fsp3) is 0.200. The van der Waals surface area contributed by atoms with Crippen LogP contribution in [0.15, 0.2) is 49.6 Å². The quantitative estimate of drug-likeness (QED) is 0.455. The van der Waals surface area contributed by atoms with Crippen LogP contribution in [0.5, 0.6) is 11.5 Å². The highest BCUT2D eigenvalue weighted by Gasteiger charge is 2.30. The van der Waals surface area contributed by atoms with Crippen LogP contribution in [0.2, 0.25) is 0 Å². The molecule has 0 N–H and O–H groups in total. The van der Waals surface area contributed by atoms with Gasteiger partial charge in [-0.25, -0.2) is 13.3 Å². The van der Waals surface area contributed by atoms with Crippen LogP contribution in [-0.4, -0.2) is 6.16 Å². The number of benzene rings is 2. The van der Waals surface area contributed by atoms with Gasteiger partial charge in [-0.2, -0.15) is 0 Å². The third-order valence-electron chi connectivity index (χ3n) is 3.64. The highest BCUT2D eigenvalue weighted by Crippen LogP contribution is 2.50. The molecular formula is C20H21F2O3P. The lowest BCUT2D eigenvalue weighted by Crippen LogP contribution is -2.07. The van der Waals surface area contributed by atoms with E-state index in [4.69, 9.17) is 9.05 Å². The van der Waals surface area contributed by atoms with E-state index < -0.39 is 19.2 Å². The summed E-state index contributed by atoms with van der Waals surface area (Å²) in [6.45, 7) is 9.03. The van der Waals surface area contributed by atoms with Crippen LogP contribution >= 0.6 is 7.60 Å². The van der Waals surface area contributed by atoms with Crippen molar-refractivity contribution in [3.05, 3.63) is 72.3 Å². The van der Waals surface area contributed by atoms with Crippen LogP contribution in [0.3, 0.4) is 0 Å². The van der Waals surface area contributed by atoms with E-state index in [0.29, 0.717) is 17.5 Å². The van der Waals surface area contributed by atoms with Crippen LogP contribution in [-0.2, 0) is 4.57 Å². The van der Waals surface area contributed by atoms with Gasteiger partial charge in [-0.05, 0) is 41.8 Å². The number of rotatable bonds is 9. The summed E-state index contributed by atoms with van der Waals surface area (Å²) >= 11 is 0. The van der Waals surface area contributed by atoms with Crippen LogP contribution in [0.4, 0.5) is 8.78 Å². The lowest BCUT2D eigenvalue weighted by molar-refractivity contribution is 0.365. The molecule has 0 saturated carbocycles. The van der Waals surface area contributed by atoms with Gasteiger partial charge >= 0.3 is 7.60 Å². The predicted molar refractivity (Wildman–Crippen MR) is 102 cm³/mol. The Morgan fingerprint density at radius 2 is 1.42 bits per heavy atom. The van der Waals surface area contributed by atoms with Crippen molar-refractivity contribution in [1.29, 1.82) is 0 Å². The van der Waals surface area contributed by atoms with Crippen molar-refractivity contribution < 1.29 is 22.4 Å². The van der Waals surface area contributed by atoms with Gasteiger partial charge < -0.3 is 9.05 Å². The van der Waals surface area contributed by atoms with Gasteiger partial charge in [-0.15, -0.1) is 0 Å². The molecule has 3 nitrogen and oxygen atoms in total. The third-order valence-corrected chi connectivity index (χ3v) is 5.46. The van der Waals surface area contributed by atoms with Crippen molar-refractivity contribution in [2.75, 3.05) is 6.16 Å². The molecule has 0 atom stereocenters. The van der Waals surface area contributed by atoms with E-state index >= 15 is 0 Å². The Hall–Kier alpha value is -2.39. The van der Waals surface area contributed by atoms with Gasteiger partial charge in [0.25, 0.3) is 0 Å². The zero-order valence-electron chi connectivity index (χ0n) is 14.6. The Bertz CT molecular complexity index is 785. The normalized spacial score (nSPS) is 11.0. The van der Waals surface area contributed by atoms with E-state index in [1.54, 1.807) is 12.1 Å². The van der Waals surface area contributed by atoms with Gasteiger partial charge in [0.15, 0.2) is 23.1 Å². The molecule has 0 aliphatic carbocycles. The van der Waals surface area contributed by atoms with Crippen LogP contribution in [0.25, 0.3) is 12.2 Å². The number of hydrogen-bond donors (Lipinski definition) is 0. The zero-order valence-corrected chi connectivity index (χ0v) is 15.5. The van der Waals surface area contributed by atoms with Crippen molar-refractivity contribution >= 4 is 19.7 Å². The van der Waals surface area contributed by atoms with Crippen molar-refractivity contribution in [1.82, 2.24) is 0 Å². The molecule has 0 saturated heterocycles. The van der Waals surface area contributed by atoms with Crippen molar-refractivity contribution in [2.24, 2.45) is 0 Å². The predicted octanol–water partition coefficient (Wildman–Crippen LogP) is 6.70. The van der Waals surface area contributed by atoms with E-state index in [-0.39, 0.29) is 17.7 Å². The molecule has 0 amide bonds. The monoisotopic (exact) mass is 378 g/mol. The molecule has 0 fully saturated rings. The topological polar surface area (TPSA) is 35.5 Å². The van der Waals surface area contributed by atoms with Crippen molar-refractivity contribution in [3.63, 3.8) is 0 Å². The lowest BCUT2D eigenvalue weighted by atomic mass is 10.2. The molecule has 2 aromatic rings. The molecule has 0 aliphatic rings. The van der Waals surface area contributed by atoms with Gasteiger partial charge in [-0.1, -0.05) is 50.8 Å². The summed E-state index contributed by atoms with van der Waals surface area (Å²) in [5, 5.41) is 0. The van der Waals surface area contributed by atoms with Gasteiger partial charge in [0, 0.05) is 0 Å². The maximum atomic E-state index is 14.2. The molecule has 0 bridgehead atoms. The van der Waals surface area contributed by atoms with E-state index in [9.17, 15) is 13.3 Å². The highest BCUT2D eigenvalue weighted by molar-refractivity contribution is 7.54. The Balaban J connectivity index is 2.31. The first-order chi connectivity index (χ1) is 12.4. The molecule has 138 valence electrons. The zero-order chi connectivity index (χ0) is 19.2. The average molecular weight is 378 g/mol. The summed E-state index contributed by atoms with van der Waals surface area (Å²) < 4.78 is 52.2. The van der Waals surface area contributed by atoms with Crippen molar-refractivity contribution in [2.45, 2.75) is 19.8 Å². The number of halogens is 2. The number of hydrogen-bond acceptors (Lipinski definition) is 3. The first kappa shape index (κ1) is 19.9. The fourth-order valence-electron chi connectivity index (χ4n) is 2.20. The second-order valence-electron chi connectivity index (χ2n) is 5.66. The van der Waals surface area contributed by atoms with E-state index in [2.05, 4.69) is 13.2 Å². The minimum atomic E-state index is -3.81. The molecule has 0 heterocycles. The summed E-state index contributed by atoms with van der Waals surface area (Å²) in [4.78, 5) is 0. The summed E-state index contributed by atoms with van der Waals surface area (Å²) in [5.41, 5.74) is 1.12. The average Bonchev–Trinajstić information content (AvgIpc) is 2.63. The summed E-state index contributed by atoms with van der Waals surface area (Å²) in [7, 11) is -3.81. The standard InChI is InChI=1S/C20H21F2O3P/c1-4-7-12-26(23,24-19-10-8-15(5-2)13-17(19)21)25-20-11-9-16(6-3)14-18(20)22/h5-6,8-11,13-14H,2-4,7,12H2,1H3. The first-order valence-corrected chi connectivity index (χ1v) is 9.96. The molecule has 0 spiro atoms. The Labute approximate surface area is 152 Å². The third kappa shape index (κ3) is 5.06. The molecule has 2 rings (SSSR count). The second kappa shape index (κ2) is 8.81. The maximum absolute atomic E-state index is 14.2. The fourth-order valence-corrected chi connectivity index (χ4v) is 4.02. The van der Waals surface area contributed by atoms with Crippen LogP contribution in [0, 0.1) is 11.6 Å². The van der Waals surface area contributed by atoms with E-state index in [1.165, 1.54) is 36.4 Å². The summed E-state index contributed by atoms with van der Waals surface area (Å²) in [6.07, 6.45) is 4.25. The first-order valence-electron chi connectivity index (χ1n) is 8.23. The van der Waals surface area contributed by atoms with Crippen LogP contribution < -0.4 is 9.05 Å². The highest BCUT2D eigenvalue weighted by atomic mass is 31.2. The van der Waals surface area contributed by atoms with Crippen molar-refractivity contribution in [3.8, 4) is 11.5 Å². The Morgan fingerprint density at radius 1 is 0.962 bits per heavy atom. The Morgan fingerprint density at radius 3 is 1.77 bits per heavy atom. The molecule has 2 aromatic carbocycles. The van der Waals surface area contributed by atoms with Gasteiger partial charge in [0.1, 0.15) is 0 Å². The smallest absolute Gasteiger partial charge is 0.413 e. The SMILES string of the molecule is C=Cc1ccc(OP(=O)(CCCC)Oc2ccc(C=C)cc2F)c(F)c1. The molecule has 26 heavy (non-hydrogen) atoms. The molecule has 6 heteroatoms. The van der Waals surface area contributed by atoms with E-state index in [0.717, 1.165) is 6.42 Å². The minimum Gasteiger partial charge on any atom is -0.413 e. The largest absolute Gasteiger partial charge is 0.430 e. The summed E-state index contributed by atoms with van der Waals surface area (Å²) in [6, 6.07) is 8.29. The van der Waals surface area contributed by atoms with Crippen LogP contribution in [0.1, 0.15) is 30.9 Å². The van der Waals surface area contributed by atoms with E-state index in [1.807, 2.05) is 6.92 Å². The van der Waals surface area contributed by atoms with Gasteiger partial charge in [-0.3, -0.25) is 0 Å². The summed E-state index contributed by atoms with van der Waals surface area (Å²) in [5.74, 6) is -1.80. The second-order valence-corrected chi connectivity index (χ2v) is 7.69. The molecule has 0 aromatic heterocycles. The molecule has 0 unspecified atom stereocenters. The minimum absolute atomic E-state index is 0.0365. The molecule has 0 aliphatic heterocycles. The van der Waals surface area contributed by atoms with Gasteiger partial charge in [0.05, 0.1) is 6.16 Å². The number of unbranched alkanes of at least 4 members (excludes halogenated alkanes) is 1. The molecule has 0 radical (unpaired) electrons. The Kier molecular flexibility index (Phi) is 6.76. The molecular weight excluding hydrogens is 357 g/mol. The maximum Gasteiger partial charge on any atom is 0.430 e. The lowest BCUT2D eigenvalue weighted by Gasteiger charge is -2.20. The van der Waals surface area contributed by atoms with Gasteiger partial charge in [0.2, 0.25) is 0 Å².